The number of nitrogens with one attached hydrogen (secondary N) is 1. The monoisotopic (exact) mass is 314 g/mol. The third-order valence-electron chi connectivity index (χ3n) is 4.09. The number of piperidine rings is 1. The lowest BCUT2D eigenvalue weighted by Crippen LogP contribution is -2.44. The van der Waals surface area contributed by atoms with Gasteiger partial charge in [0.25, 0.3) is 0 Å². The van der Waals surface area contributed by atoms with Crippen LogP contribution in [0, 0.1) is 6.92 Å². The second-order valence-electron chi connectivity index (χ2n) is 6.14. The van der Waals surface area contributed by atoms with E-state index >= 15 is 0 Å². The van der Waals surface area contributed by atoms with Crippen molar-refractivity contribution in [1.82, 2.24) is 9.62 Å². The lowest BCUT2D eigenvalue weighted by atomic mass is 10.0. The van der Waals surface area contributed by atoms with Gasteiger partial charge in [0.2, 0.25) is 10.0 Å². The smallest absolute Gasteiger partial charge is 0.208 e. The predicted molar refractivity (Wildman–Crippen MR) is 83.9 cm³/mol. The Bertz CT molecular complexity index is 545. The molecule has 0 aromatic carbocycles. The Hall–Kier alpha value is -0.850. The molecule has 21 heavy (non-hydrogen) atoms. The van der Waals surface area contributed by atoms with Gasteiger partial charge in [-0.2, -0.15) is 0 Å². The van der Waals surface area contributed by atoms with Crippen LogP contribution in [0.4, 0.5) is 0 Å². The highest BCUT2D eigenvalue weighted by Gasteiger charge is 2.22. The summed E-state index contributed by atoms with van der Waals surface area (Å²) in [7, 11) is -3.08. The molecule has 1 aromatic rings. The SMILES string of the molecule is Cc1ccc([C@H](C)CCN2CCC(NS(C)(=O)=O)CC2)o1. The lowest BCUT2D eigenvalue weighted by molar-refractivity contribution is 0.200. The molecule has 2 heterocycles. The van der Waals surface area contributed by atoms with E-state index < -0.39 is 10.0 Å². The van der Waals surface area contributed by atoms with E-state index in [1.807, 2.05) is 13.0 Å². The third-order valence-corrected chi connectivity index (χ3v) is 4.85. The van der Waals surface area contributed by atoms with E-state index in [0.717, 1.165) is 50.4 Å². The number of hydrogen-bond acceptors (Lipinski definition) is 4. The minimum Gasteiger partial charge on any atom is -0.466 e. The van der Waals surface area contributed by atoms with Crippen LogP contribution < -0.4 is 4.72 Å². The van der Waals surface area contributed by atoms with Gasteiger partial charge in [0.15, 0.2) is 0 Å². The van der Waals surface area contributed by atoms with Gasteiger partial charge in [-0.1, -0.05) is 6.92 Å². The number of furan rings is 1. The van der Waals surface area contributed by atoms with E-state index in [1.54, 1.807) is 0 Å². The van der Waals surface area contributed by atoms with Crippen molar-refractivity contribution < 1.29 is 12.8 Å². The fraction of sp³-hybridized carbons (Fsp3) is 0.733. The fourth-order valence-corrected chi connectivity index (χ4v) is 3.66. The summed E-state index contributed by atoms with van der Waals surface area (Å²) in [6.45, 7) is 7.10. The molecular weight excluding hydrogens is 288 g/mol. The zero-order chi connectivity index (χ0) is 15.5. The second kappa shape index (κ2) is 6.94. The maximum Gasteiger partial charge on any atom is 0.208 e. The number of sulfonamides is 1. The van der Waals surface area contributed by atoms with E-state index in [2.05, 4.69) is 22.6 Å². The normalized spacial score (nSPS) is 19.8. The van der Waals surface area contributed by atoms with Crippen LogP contribution in [0.15, 0.2) is 16.5 Å². The summed E-state index contributed by atoms with van der Waals surface area (Å²) in [5.41, 5.74) is 0. The largest absolute Gasteiger partial charge is 0.466 e. The van der Waals surface area contributed by atoms with Gasteiger partial charge in [0, 0.05) is 12.0 Å². The summed E-state index contributed by atoms with van der Waals surface area (Å²) in [5, 5.41) is 0. The molecule has 6 heteroatoms. The van der Waals surface area contributed by atoms with Crippen LogP contribution in [0.1, 0.15) is 43.6 Å². The van der Waals surface area contributed by atoms with Crippen molar-refractivity contribution in [2.24, 2.45) is 0 Å². The minimum absolute atomic E-state index is 0.0985. The molecule has 120 valence electrons. The Morgan fingerprint density at radius 3 is 2.57 bits per heavy atom. The number of aryl methyl sites for hydroxylation is 1. The van der Waals surface area contributed by atoms with Gasteiger partial charge in [-0.05, 0) is 58.0 Å². The quantitative estimate of drug-likeness (QED) is 0.873. The molecule has 0 bridgehead atoms. The van der Waals surface area contributed by atoms with Gasteiger partial charge in [-0.3, -0.25) is 0 Å². The third kappa shape index (κ3) is 5.45. The Morgan fingerprint density at radius 1 is 1.38 bits per heavy atom. The summed E-state index contributed by atoms with van der Waals surface area (Å²) in [4.78, 5) is 2.41. The molecule has 2 rings (SSSR count). The molecular formula is C15H26N2O3S. The maximum atomic E-state index is 11.2. The number of hydrogen-bond donors (Lipinski definition) is 1. The van der Waals surface area contributed by atoms with Crippen LogP contribution >= 0.6 is 0 Å². The van der Waals surface area contributed by atoms with Crippen LogP contribution in [0.3, 0.4) is 0 Å². The zero-order valence-electron chi connectivity index (χ0n) is 13.1. The highest BCUT2D eigenvalue weighted by Crippen LogP contribution is 2.22. The Kier molecular flexibility index (Phi) is 5.46. The number of likely N-dealkylation sites (tertiary alicyclic amines) is 1. The molecule has 1 aliphatic heterocycles. The summed E-state index contributed by atoms with van der Waals surface area (Å²) >= 11 is 0. The molecule has 0 radical (unpaired) electrons. The van der Waals surface area contributed by atoms with Gasteiger partial charge in [0.05, 0.1) is 6.26 Å². The molecule has 0 spiro atoms. The molecule has 1 aromatic heterocycles. The van der Waals surface area contributed by atoms with Gasteiger partial charge in [-0.15, -0.1) is 0 Å². The van der Waals surface area contributed by atoms with Crippen molar-refractivity contribution in [2.45, 2.75) is 45.1 Å². The summed E-state index contributed by atoms with van der Waals surface area (Å²) in [6, 6.07) is 4.16. The average Bonchev–Trinajstić information content (AvgIpc) is 2.82. The van der Waals surface area contributed by atoms with E-state index in [0.29, 0.717) is 5.92 Å². The first-order valence-electron chi connectivity index (χ1n) is 7.59. The molecule has 0 unspecified atom stereocenters. The average molecular weight is 314 g/mol. The fourth-order valence-electron chi connectivity index (χ4n) is 2.81. The highest BCUT2D eigenvalue weighted by molar-refractivity contribution is 7.88. The zero-order valence-corrected chi connectivity index (χ0v) is 13.9. The van der Waals surface area contributed by atoms with Gasteiger partial charge in [0.1, 0.15) is 11.5 Å². The molecule has 0 amide bonds. The van der Waals surface area contributed by atoms with Crippen molar-refractivity contribution in [2.75, 3.05) is 25.9 Å². The predicted octanol–water partition coefficient (Wildman–Crippen LogP) is 2.10. The molecule has 0 saturated carbocycles. The van der Waals surface area contributed by atoms with Gasteiger partial charge < -0.3 is 9.32 Å². The van der Waals surface area contributed by atoms with Gasteiger partial charge in [-0.25, -0.2) is 13.1 Å². The first kappa shape index (κ1) is 16.5. The molecule has 1 fully saturated rings. The van der Waals surface area contributed by atoms with Crippen molar-refractivity contribution in [3.63, 3.8) is 0 Å². The first-order valence-corrected chi connectivity index (χ1v) is 9.48. The van der Waals surface area contributed by atoms with Crippen LogP contribution in [0.25, 0.3) is 0 Å². The Morgan fingerprint density at radius 2 is 2.05 bits per heavy atom. The van der Waals surface area contributed by atoms with Crippen LogP contribution in [0.5, 0.6) is 0 Å². The van der Waals surface area contributed by atoms with Crippen LogP contribution in [-0.2, 0) is 10.0 Å². The molecule has 1 N–H and O–H groups in total. The van der Waals surface area contributed by atoms with E-state index in [9.17, 15) is 8.42 Å². The Labute approximate surface area is 127 Å². The van der Waals surface area contributed by atoms with Crippen molar-refractivity contribution in [3.05, 3.63) is 23.7 Å². The van der Waals surface area contributed by atoms with Crippen molar-refractivity contribution >= 4 is 10.0 Å². The van der Waals surface area contributed by atoms with Gasteiger partial charge >= 0.3 is 0 Å². The highest BCUT2D eigenvalue weighted by atomic mass is 32.2. The standard InChI is InChI=1S/C15H26N2O3S/c1-12(15-5-4-13(2)20-15)6-9-17-10-7-14(8-11-17)16-21(3,18)19/h4-5,12,14,16H,6-11H2,1-3H3/t12-/m1/s1. The van der Waals surface area contributed by atoms with E-state index in [4.69, 9.17) is 4.42 Å². The van der Waals surface area contributed by atoms with Crippen molar-refractivity contribution in [3.8, 4) is 0 Å². The second-order valence-corrected chi connectivity index (χ2v) is 7.92. The number of rotatable bonds is 6. The minimum atomic E-state index is -3.08. The Balaban J connectivity index is 1.71. The van der Waals surface area contributed by atoms with E-state index in [1.165, 1.54) is 6.26 Å². The topological polar surface area (TPSA) is 62.6 Å². The molecule has 5 nitrogen and oxygen atoms in total. The van der Waals surface area contributed by atoms with Crippen molar-refractivity contribution in [1.29, 1.82) is 0 Å². The lowest BCUT2D eigenvalue weighted by Gasteiger charge is -2.32. The maximum absolute atomic E-state index is 11.2. The summed E-state index contributed by atoms with van der Waals surface area (Å²) in [6.07, 6.45) is 4.08. The molecule has 1 atom stereocenters. The molecule has 1 saturated heterocycles. The summed E-state index contributed by atoms with van der Waals surface area (Å²) in [5.74, 6) is 2.44. The van der Waals surface area contributed by atoms with Crippen LogP contribution in [0.2, 0.25) is 0 Å². The van der Waals surface area contributed by atoms with E-state index in [-0.39, 0.29) is 6.04 Å². The molecule has 0 aliphatic carbocycles. The first-order chi connectivity index (χ1) is 9.83. The van der Waals surface area contributed by atoms with Crippen LogP contribution in [-0.4, -0.2) is 45.2 Å². The number of nitrogens with zero attached hydrogens (tertiary/aromatic N) is 1. The molecule has 1 aliphatic rings. The summed E-state index contributed by atoms with van der Waals surface area (Å²) < 4.78 is 30.8.